The quantitative estimate of drug-likeness (QED) is 0.531. The molecule has 0 radical (unpaired) electrons. The van der Waals surface area contributed by atoms with Crippen molar-refractivity contribution in [2.45, 2.75) is 23.9 Å². The molecule has 0 amide bonds. The van der Waals surface area contributed by atoms with Crippen LogP contribution >= 0.6 is 11.8 Å². The summed E-state index contributed by atoms with van der Waals surface area (Å²) in [6.07, 6.45) is 0. The second-order valence-corrected chi connectivity index (χ2v) is 8.03. The monoisotopic (exact) mass is 363 g/mol. The summed E-state index contributed by atoms with van der Waals surface area (Å²) in [7, 11) is -3.47. The molecule has 1 N–H and O–H groups in total. The minimum atomic E-state index is -3.47. The number of rotatable bonds is 6. The molecule has 0 saturated carbocycles. The molecule has 0 aliphatic carbocycles. The number of nitrogens with zero attached hydrogens (tertiary/aromatic N) is 4. The van der Waals surface area contributed by atoms with E-state index in [0.717, 1.165) is 11.4 Å². The van der Waals surface area contributed by atoms with Crippen LogP contribution in [0.1, 0.15) is 11.4 Å². The van der Waals surface area contributed by atoms with Gasteiger partial charge in [0.2, 0.25) is 15.2 Å². The lowest BCUT2D eigenvalue weighted by Gasteiger charge is -2.05. The maximum absolute atomic E-state index is 12.1. The first-order chi connectivity index (χ1) is 11.5. The lowest BCUT2D eigenvalue weighted by molar-refractivity contribution is 0.584. The average Bonchev–Trinajstić information content (AvgIpc) is 2.96. The van der Waals surface area contributed by atoms with Gasteiger partial charge in [-0.2, -0.15) is 4.98 Å². The molecule has 9 heteroatoms. The Balaban J connectivity index is 1.60. The van der Waals surface area contributed by atoms with Gasteiger partial charge < -0.3 is 0 Å². The summed E-state index contributed by atoms with van der Waals surface area (Å²) in [5.41, 5.74) is 1.85. The Bertz CT molecular complexity index is 955. The minimum Gasteiger partial charge on any atom is -0.216 e. The third-order valence-electron chi connectivity index (χ3n) is 3.28. The van der Waals surface area contributed by atoms with Crippen molar-refractivity contribution < 1.29 is 8.42 Å². The van der Waals surface area contributed by atoms with Gasteiger partial charge in [0.05, 0.1) is 4.90 Å². The van der Waals surface area contributed by atoms with Crippen LogP contribution in [0.2, 0.25) is 0 Å². The van der Waals surface area contributed by atoms with Gasteiger partial charge in [-0.15, -0.1) is 5.10 Å². The maximum Gasteiger partial charge on any atom is 0.253 e. The first kappa shape index (κ1) is 16.9. The van der Waals surface area contributed by atoms with E-state index in [1.165, 1.54) is 11.8 Å². The molecule has 3 aromatic rings. The number of thioether (sulfide) groups is 1. The van der Waals surface area contributed by atoms with Gasteiger partial charge in [-0.1, -0.05) is 30.0 Å². The second-order valence-electron chi connectivity index (χ2n) is 5.20. The molecular weight excluding hydrogens is 346 g/mol. The van der Waals surface area contributed by atoms with Gasteiger partial charge in [-0.25, -0.2) is 22.6 Å². The molecule has 0 atom stereocenters. The highest BCUT2D eigenvalue weighted by molar-refractivity contribution is 7.99. The van der Waals surface area contributed by atoms with E-state index in [2.05, 4.69) is 19.8 Å². The molecule has 126 valence electrons. The van der Waals surface area contributed by atoms with Crippen molar-refractivity contribution in [1.29, 1.82) is 0 Å². The zero-order chi connectivity index (χ0) is 17.2. The maximum atomic E-state index is 12.1. The Morgan fingerprint density at radius 2 is 1.92 bits per heavy atom. The topological polar surface area (TPSA) is 89.2 Å². The molecule has 3 rings (SSSR count). The summed E-state index contributed by atoms with van der Waals surface area (Å²) in [5.74, 6) is 1.08. The molecule has 7 nitrogen and oxygen atoms in total. The van der Waals surface area contributed by atoms with E-state index in [0.29, 0.717) is 23.2 Å². The summed E-state index contributed by atoms with van der Waals surface area (Å²) in [4.78, 5) is 8.94. The van der Waals surface area contributed by atoms with Gasteiger partial charge in [0, 0.05) is 23.7 Å². The highest BCUT2D eigenvalue weighted by Gasteiger charge is 2.13. The summed E-state index contributed by atoms with van der Waals surface area (Å²) in [5, 5.41) is 4.95. The Morgan fingerprint density at radius 1 is 1.17 bits per heavy atom. The van der Waals surface area contributed by atoms with E-state index in [1.54, 1.807) is 34.8 Å². The first-order valence-electron chi connectivity index (χ1n) is 7.34. The largest absolute Gasteiger partial charge is 0.253 e. The third-order valence-corrected chi connectivity index (χ3v) is 5.59. The first-order valence-corrected chi connectivity index (χ1v) is 9.81. The van der Waals surface area contributed by atoms with Gasteiger partial charge in [0.15, 0.2) is 0 Å². The number of benzene rings is 1. The van der Waals surface area contributed by atoms with Crippen molar-refractivity contribution >= 4 is 27.6 Å². The van der Waals surface area contributed by atoms with E-state index < -0.39 is 10.0 Å². The van der Waals surface area contributed by atoms with Gasteiger partial charge >= 0.3 is 0 Å². The van der Waals surface area contributed by atoms with Gasteiger partial charge in [0.25, 0.3) is 5.78 Å². The van der Waals surface area contributed by atoms with Crippen LogP contribution in [-0.2, 0) is 10.0 Å². The predicted octanol–water partition coefficient (Wildman–Crippen LogP) is 1.81. The SMILES string of the molecule is Cc1cc(C)n2nc(SCCNS(=O)(=O)c3ccccc3)nc2n1. The molecule has 2 heterocycles. The van der Waals surface area contributed by atoms with Crippen LogP contribution in [-0.4, -0.2) is 40.3 Å². The lowest BCUT2D eigenvalue weighted by atomic mass is 10.4. The zero-order valence-corrected chi connectivity index (χ0v) is 14.9. The Hall–Kier alpha value is -1.97. The van der Waals surface area contributed by atoms with E-state index in [1.807, 2.05) is 19.9 Å². The van der Waals surface area contributed by atoms with Crippen molar-refractivity contribution in [3.05, 3.63) is 47.8 Å². The standard InChI is InChI=1S/C15H17N5O2S2/c1-11-10-12(2)20-14(17-11)18-15(19-20)23-9-8-16-24(21,22)13-6-4-3-5-7-13/h3-7,10,16H,8-9H2,1-2H3. The van der Waals surface area contributed by atoms with Crippen molar-refractivity contribution in [3.63, 3.8) is 0 Å². The Morgan fingerprint density at radius 3 is 2.67 bits per heavy atom. The van der Waals surface area contributed by atoms with Gasteiger partial charge in [-0.05, 0) is 32.0 Å². The Kier molecular flexibility index (Phi) is 4.83. The third kappa shape index (κ3) is 3.74. The van der Waals surface area contributed by atoms with Gasteiger partial charge in [0.1, 0.15) is 0 Å². The number of fused-ring (bicyclic) bond motifs is 1. The van der Waals surface area contributed by atoms with Crippen LogP contribution in [0.3, 0.4) is 0 Å². The van der Waals surface area contributed by atoms with Gasteiger partial charge in [-0.3, -0.25) is 0 Å². The van der Waals surface area contributed by atoms with Crippen LogP contribution in [0.4, 0.5) is 0 Å². The van der Waals surface area contributed by atoms with Crippen LogP contribution < -0.4 is 4.72 Å². The van der Waals surface area contributed by atoms with E-state index in [4.69, 9.17) is 0 Å². The fraction of sp³-hybridized carbons (Fsp3) is 0.267. The fourth-order valence-electron chi connectivity index (χ4n) is 2.21. The number of aryl methyl sites for hydroxylation is 2. The molecule has 0 aliphatic heterocycles. The second kappa shape index (κ2) is 6.88. The molecule has 1 aromatic carbocycles. The fourth-order valence-corrected chi connectivity index (χ4v) is 4.06. The normalized spacial score (nSPS) is 11.9. The van der Waals surface area contributed by atoms with Crippen LogP contribution in [0.25, 0.3) is 5.78 Å². The van der Waals surface area contributed by atoms with Crippen LogP contribution in [0.15, 0.2) is 46.5 Å². The van der Waals surface area contributed by atoms with Crippen molar-refractivity contribution in [2.24, 2.45) is 0 Å². The molecule has 2 aromatic heterocycles. The molecule has 0 aliphatic rings. The zero-order valence-electron chi connectivity index (χ0n) is 13.3. The summed E-state index contributed by atoms with van der Waals surface area (Å²) < 4.78 is 28.5. The molecule has 0 saturated heterocycles. The minimum absolute atomic E-state index is 0.260. The molecule has 0 bridgehead atoms. The van der Waals surface area contributed by atoms with E-state index >= 15 is 0 Å². The van der Waals surface area contributed by atoms with Crippen molar-refractivity contribution in [3.8, 4) is 0 Å². The number of hydrogen-bond acceptors (Lipinski definition) is 6. The van der Waals surface area contributed by atoms with Crippen LogP contribution in [0, 0.1) is 13.8 Å². The smallest absolute Gasteiger partial charge is 0.216 e. The highest BCUT2D eigenvalue weighted by Crippen LogP contribution is 2.15. The number of nitrogens with one attached hydrogen (secondary N) is 1. The summed E-state index contributed by atoms with van der Waals surface area (Å²) >= 11 is 1.39. The summed E-state index contributed by atoms with van der Waals surface area (Å²) in [6.45, 7) is 4.15. The average molecular weight is 363 g/mol. The van der Waals surface area contributed by atoms with Crippen molar-refractivity contribution in [2.75, 3.05) is 12.3 Å². The summed E-state index contributed by atoms with van der Waals surface area (Å²) in [6, 6.07) is 10.2. The highest BCUT2D eigenvalue weighted by atomic mass is 32.2. The number of hydrogen-bond donors (Lipinski definition) is 1. The van der Waals surface area contributed by atoms with Crippen molar-refractivity contribution in [1.82, 2.24) is 24.3 Å². The van der Waals surface area contributed by atoms with E-state index in [9.17, 15) is 8.42 Å². The van der Waals surface area contributed by atoms with E-state index in [-0.39, 0.29) is 4.90 Å². The molecule has 0 spiro atoms. The van der Waals surface area contributed by atoms with Crippen LogP contribution in [0.5, 0.6) is 0 Å². The Labute approximate surface area is 144 Å². The molecule has 24 heavy (non-hydrogen) atoms. The number of aromatic nitrogens is 4. The predicted molar refractivity (Wildman–Crippen MR) is 92.6 cm³/mol. The number of sulfonamides is 1. The molecule has 0 unspecified atom stereocenters. The molecule has 0 fully saturated rings. The lowest BCUT2D eigenvalue weighted by Crippen LogP contribution is -2.26. The molecular formula is C15H17N5O2S2.